The van der Waals surface area contributed by atoms with Gasteiger partial charge in [-0.3, -0.25) is 0 Å². The third kappa shape index (κ3) is 3.83. The SMILES string of the molecule is Cn1c(SCCS(=O)(=O)c2ccc(Cl)cc2)nnc1-c1cccs1. The zero-order valence-electron chi connectivity index (χ0n) is 12.7. The summed E-state index contributed by atoms with van der Waals surface area (Å²) in [5, 5.41) is 11.5. The number of thiophene rings is 1. The highest BCUT2D eigenvalue weighted by Gasteiger charge is 2.16. The molecule has 0 amide bonds. The second-order valence-electron chi connectivity index (χ2n) is 4.96. The van der Waals surface area contributed by atoms with Crippen molar-refractivity contribution in [3.8, 4) is 10.7 Å². The van der Waals surface area contributed by atoms with E-state index in [0.717, 1.165) is 10.7 Å². The molecule has 126 valence electrons. The Hall–Kier alpha value is -1.35. The van der Waals surface area contributed by atoms with Gasteiger partial charge in [0.05, 0.1) is 15.5 Å². The fourth-order valence-corrected chi connectivity index (χ4v) is 5.49. The van der Waals surface area contributed by atoms with Gasteiger partial charge in [-0.15, -0.1) is 21.5 Å². The van der Waals surface area contributed by atoms with Gasteiger partial charge in [0.25, 0.3) is 0 Å². The van der Waals surface area contributed by atoms with E-state index in [-0.39, 0.29) is 10.6 Å². The normalized spacial score (nSPS) is 11.8. The van der Waals surface area contributed by atoms with Crippen LogP contribution in [0.25, 0.3) is 10.7 Å². The zero-order chi connectivity index (χ0) is 17.2. The zero-order valence-corrected chi connectivity index (χ0v) is 15.9. The largest absolute Gasteiger partial charge is 0.305 e. The predicted octanol–water partition coefficient (Wildman–Crippen LogP) is 3.76. The maximum atomic E-state index is 12.3. The number of benzene rings is 1. The number of nitrogens with zero attached hydrogens (tertiary/aromatic N) is 3. The molecular formula is C15H14ClN3O2S3. The Kier molecular flexibility index (Phi) is 5.29. The summed E-state index contributed by atoms with van der Waals surface area (Å²) in [6.45, 7) is 0. The Morgan fingerprint density at radius 2 is 1.96 bits per heavy atom. The van der Waals surface area contributed by atoms with Crippen LogP contribution >= 0.6 is 34.7 Å². The van der Waals surface area contributed by atoms with Crippen LogP contribution in [0.15, 0.2) is 51.8 Å². The van der Waals surface area contributed by atoms with E-state index >= 15 is 0 Å². The molecule has 0 saturated carbocycles. The van der Waals surface area contributed by atoms with Crippen molar-refractivity contribution in [2.75, 3.05) is 11.5 Å². The maximum absolute atomic E-state index is 12.3. The quantitative estimate of drug-likeness (QED) is 0.590. The monoisotopic (exact) mass is 399 g/mol. The number of hydrogen-bond acceptors (Lipinski definition) is 6. The molecule has 0 spiro atoms. The summed E-state index contributed by atoms with van der Waals surface area (Å²) < 4.78 is 26.5. The number of rotatable bonds is 6. The van der Waals surface area contributed by atoms with E-state index in [1.165, 1.54) is 23.9 Å². The lowest BCUT2D eigenvalue weighted by atomic mass is 10.4. The molecule has 0 aliphatic heterocycles. The highest BCUT2D eigenvalue weighted by Crippen LogP contribution is 2.26. The lowest BCUT2D eigenvalue weighted by Crippen LogP contribution is -2.09. The van der Waals surface area contributed by atoms with Gasteiger partial charge in [-0.1, -0.05) is 29.4 Å². The molecule has 2 heterocycles. The summed E-state index contributed by atoms with van der Waals surface area (Å²) in [7, 11) is -1.45. The summed E-state index contributed by atoms with van der Waals surface area (Å²) >= 11 is 8.76. The molecule has 0 radical (unpaired) electrons. The van der Waals surface area contributed by atoms with Crippen molar-refractivity contribution in [1.29, 1.82) is 0 Å². The average molecular weight is 400 g/mol. The highest BCUT2D eigenvalue weighted by molar-refractivity contribution is 8.00. The molecule has 0 aliphatic carbocycles. The van der Waals surface area contributed by atoms with Crippen LogP contribution in [0.4, 0.5) is 0 Å². The molecule has 0 atom stereocenters. The fourth-order valence-electron chi connectivity index (χ4n) is 2.06. The Morgan fingerprint density at radius 3 is 2.62 bits per heavy atom. The molecule has 0 aliphatic rings. The first-order chi connectivity index (χ1) is 11.5. The molecule has 0 saturated heterocycles. The van der Waals surface area contributed by atoms with Gasteiger partial charge in [0, 0.05) is 17.8 Å². The van der Waals surface area contributed by atoms with Gasteiger partial charge < -0.3 is 4.57 Å². The van der Waals surface area contributed by atoms with Gasteiger partial charge >= 0.3 is 0 Å². The smallest absolute Gasteiger partial charge is 0.191 e. The van der Waals surface area contributed by atoms with Crippen LogP contribution in [0.1, 0.15) is 0 Å². The van der Waals surface area contributed by atoms with Crippen molar-refractivity contribution in [2.24, 2.45) is 7.05 Å². The molecule has 3 aromatic rings. The number of thioether (sulfide) groups is 1. The first kappa shape index (κ1) is 17.5. The van der Waals surface area contributed by atoms with Crippen LogP contribution in [0, 0.1) is 0 Å². The summed E-state index contributed by atoms with van der Waals surface area (Å²) in [5.74, 6) is 1.22. The van der Waals surface area contributed by atoms with Gasteiger partial charge in [-0.05, 0) is 35.7 Å². The van der Waals surface area contributed by atoms with Crippen LogP contribution in [0.2, 0.25) is 5.02 Å². The van der Waals surface area contributed by atoms with Crippen LogP contribution in [-0.4, -0.2) is 34.7 Å². The molecule has 3 rings (SSSR count). The summed E-state index contributed by atoms with van der Waals surface area (Å²) in [6.07, 6.45) is 0. The van der Waals surface area contributed by atoms with Crippen LogP contribution in [0.5, 0.6) is 0 Å². The van der Waals surface area contributed by atoms with Gasteiger partial charge in [-0.25, -0.2) is 8.42 Å². The Bertz CT molecular complexity index is 920. The maximum Gasteiger partial charge on any atom is 0.191 e. The number of hydrogen-bond donors (Lipinski definition) is 0. The Labute approximate surface area is 153 Å². The highest BCUT2D eigenvalue weighted by atomic mass is 35.5. The molecular weight excluding hydrogens is 386 g/mol. The van der Waals surface area contributed by atoms with Crippen molar-refractivity contribution in [3.05, 3.63) is 46.8 Å². The lowest BCUT2D eigenvalue weighted by Gasteiger charge is -2.05. The van der Waals surface area contributed by atoms with Crippen molar-refractivity contribution in [1.82, 2.24) is 14.8 Å². The molecule has 1 aromatic carbocycles. The predicted molar refractivity (Wildman–Crippen MR) is 98.5 cm³/mol. The van der Waals surface area contributed by atoms with Gasteiger partial charge in [0.2, 0.25) is 0 Å². The third-order valence-corrected chi connectivity index (χ3v) is 7.46. The fraction of sp³-hybridized carbons (Fsp3) is 0.200. The Balaban J connectivity index is 1.65. The van der Waals surface area contributed by atoms with Crippen molar-refractivity contribution in [3.63, 3.8) is 0 Å². The minimum atomic E-state index is -3.33. The lowest BCUT2D eigenvalue weighted by molar-refractivity contribution is 0.597. The standard InChI is InChI=1S/C15H14ClN3O2S3/c1-19-14(13-3-2-8-22-13)17-18-15(19)23-9-10-24(20,21)12-6-4-11(16)5-7-12/h2-8H,9-10H2,1H3. The van der Waals surface area contributed by atoms with Crippen LogP contribution < -0.4 is 0 Å². The van der Waals surface area contributed by atoms with E-state index in [4.69, 9.17) is 11.6 Å². The van der Waals surface area contributed by atoms with Gasteiger partial charge in [-0.2, -0.15) is 0 Å². The minimum Gasteiger partial charge on any atom is -0.305 e. The molecule has 2 aromatic heterocycles. The van der Waals surface area contributed by atoms with Crippen LogP contribution in [-0.2, 0) is 16.9 Å². The van der Waals surface area contributed by atoms with Gasteiger partial charge in [0.1, 0.15) is 0 Å². The summed E-state index contributed by atoms with van der Waals surface area (Å²) in [4.78, 5) is 1.32. The second-order valence-corrected chi connectivity index (χ2v) is 9.52. The number of aromatic nitrogens is 3. The molecule has 24 heavy (non-hydrogen) atoms. The van der Waals surface area contributed by atoms with Gasteiger partial charge in [0.15, 0.2) is 20.8 Å². The van der Waals surface area contributed by atoms with E-state index < -0.39 is 9.84 Å². The summed E-state index contributed by atoms with van der Waals surface area (Å²) in [5.41, 5.74) is 0. The average Bonchev–Trinajstić information content (AvgIpc) is 3.18. The topological polar surface area (TPSA) is 64.8 Å². The van der Waals surface area contributed by atoms with E-state index in [1.54, 1.807) is 23.5 Å². The van der Waals surface area contributed by atoms with E-state index in [1.807, 2.05) is 29.1 Å². The molecule has 0 unspecified atom stereocenters. The minimum absolute atomic E-state index is 0.0283. The Morgan fingerprint density at radius 1 is 1.21 bits per heavy atom. The van der Waals surface area contributed by atoms with E-state index in [9.17, 15) is 8.42 Å². The molecule has 0 N–H and O–H groups in total. The second kappa shape index (κ2) is 7.26. The van der Waals surface area contributed by atoms with Crippen molar-refractivity contribution in [2.45, 2.75) is 10.1 Å². The number of sulfone groups is 1. The third-order valence-electron chi connectivity index (χ3n) is 3.33. The first-order valence-corrected chi connectivity index (χ1v) is 10.9. The summed E-state index contributed by atoms with van der Waals surface area (Å²) in [6, 6.07) is 10.2. The van der Waals surface area contributed by atoms with E-state index in [0.29, 0.717) is 15.9 Å². The molecule has 9 heteroatoms. The van der Waals surface area contributed by atoms with Crippen molar-refractivity contribution < 1.29 is 8.42 Å². The molecule has 5 nitrogen and oxygen atoms in total. The van der Waals surface area contributed by atoms with E-state index in [2.05, 4.69) is 10.2 Å². The number of halogens is 1. The van der Waals surface area contributed by atoms with Crippen LogP contribution in [0.3, 0.4) is 0 Å². The molecule has 0 bridgehead atoms. The van der Waals surface area contributed by atoms with Crippen molar-refractivity contribution >= 4 is 44.5 Å². The molecule has 0 fully saturated rings. The first-order valence-electron chi connectivity index (χ1n) is 7.02.